The summed E-state index contributed by atoms with van der Waals surface area (Å²) < 4.78 is 5.16. The lowest BCUT2D eigenvalue weighted by Gasteiger charge is -2.35. The van der Waals surface area contributed by atoms with E-state index >= 15 is 0 Å². The fourth-order valence-electron chi connectivity index (χ4n) is 2.09. The standard InChI is InChI=1S/C13H17NO3/c1-9-4-3-5-12(10(9)2)14-11(6-15)7-17-8-13(14)16/h3-5,11,15H,6-8H2,1-2H3. The fourth-order valence-corrected chi connectivity index (χ4v) is 2.09. The zero-order valence-electron chi connectivity index (χ0n) is 10.1. The van der Waals surface area contributed by atoms with Crippen LogP contribution in [0, 0.1) is 13.8 Å². The van der Waals surface area contributed by atoms with Crippen molar-refractivity contribution in [3.63, 3.8) is 0 Å². The van der Waals surface area contributed by atoms with Gasteiger partial charge in [0, 0.05) is 5.69 Å². The second-order valence-electron chi connectivity index (χ2n) is 4.33. The van der Waals surface area contributed by atoms with Crippen molar-refractivity contribution >= 4 is 11.6 Å². The van der Waals surface area contributed by atoms with Crippen LogP contribution in [0.3, 0.4) is 0 Å². The number of carbonyl (C=O) groups is 1. The average Bonchev–Trinajstić information content (AvgIpc) is 2.33. The van der Waals surface area contributed by atoms with E-state index in [4.69, 9.17) is 4.74 Å². The van der Waals surface area contributed by atoms with E-state index in [0.29, 0.717) is 6.61 Å². The van der Waals surface area contributed by atoms with Crippen LogP contribution in [0.1, 0.15) is 11.1 Å². The van der Waals surface area contributed by atoms with E-state index < -0.39 is 0 Å². The number of amides is 1. The topological polar surface area (TPSA) is 49.8 Å². The number of hydrogen-bond acceptors (Lipinski definition) is 3. The maximum atomic E-state index is 11.9. The van der Waals surface area contributed by atoms with Gasteiger partial charge in [-0.1, -0.05) is 12.1 Å². The molecule has 1 aliphatic heterocycles. The fraction of sp³-hybridized carbons (Fsp3) is 0.462. The molecule has 1 saturated heterocycles. The molecule has 1 aromatic rings. The number of rotatable bonds is 2. The molecule has 0 radical (unpaired) electrons. The van der Waals surface area contributed by atoms with Crippen molar-refractivity contribution in [1.29, 1.82) is 0 Å². The summed E-state index contributed by atoms with van der Waals surface area (Å²) in [6, 6.07) is 5.57. The number of nitrogens with zero attached hydrogens (tertiary/aromatic N) is 1. The summed E-state index contributed by atoms with van der Waals surface area (Å²) in [4.78, 5) is 13.6. The first-order chi connectivity index (χ1) is 8.15. The third-order valence-corrected chi connectivity index (χ3v) is 3.22. The predicted octanol–water partition coefficient (Wildman–Crippen LogP) is 1.03. The number of hydrogen-bond donors (Lipinski definition) is 1. The highest BCUT2D eigenvalue weighted by atomic mass is 16.5. The number of morpholine rings is 1. The Bertz CT molecular complexity index is 431. The first-order valence-corrected chi connectivity index (χ1v) is 5.72. The summed E-state index contributed by atoms with van der Waals surface area (Å²) in [7, 11) is 0. The Kier molecular flexibility index (Phi) is 3.45. The Balaban J connectivity index is 2.41. The number of anilines is 1. The Hall–Kier alpha value is -1.39. The van der Waals surface area contributed by atoms with E-state index in [1.165, 1.54) is 0 Å². The van der Waals surface area contributed by atoms with Crippen LogP contribution in [0.4, 0.5) is 5.69 Å². The highest BCUT2D eigenvalue weighted by Crippen LogP contribution is 2.26. The molecule has 1 unspecified atom stereocenters. The molecule has 17 heavy (non-hydrogen) atoms. The lowest BCUT2D eigenvalue weighted by molar-refractivity contribution is -0.128. The number of aliphatic hydroxyl groups is 1. The molecule has 4 nitrogen and oxygen atoms in total. The van der Waals surface area contributed by atoms with Crippen LogP contribution in [0.15, 0.2) is 18.2 Å². The molecule has 0 saturated carbocycles. The van der Waals surface area contributed by atoms with E-state index in [1.807, 2.05) is 32.0 Å². The molecule has 1 atom stereocenters. The first kappa shape index (κ1) is 12.1. The van der Waals surface area contributed by atoms with Crippen molar-refractivity contribution in [2.75, 3.05) is 24.7 Å². The summed E-state index contributed by atoms with van der Waals surface area (Å²) in [6.45, 7) is 4.39. The quantitative estimate of drug-likeness (QED) is 0.833. The molecular weight excluding hydrogens is 218 g/mol. The smallest absolute Gasteiger partial charge is 0.253 e. The van der Waals surface area contributed by atoms with Gasteiger partial charge < -0.3 is 14.7 Å². The van der Waals surface area contributed by atoms with Gasteiger partial charge in [0.15, 0.2) is 0 Å². The SMILES string of the molecule is Cc1cccc(N2C(=O)COCC2CO)c1C. The molecule has 0 bridgehead atoms. The minimum Gasteiger partial charge on any atom is -0.394 e. The van der Waals surface area contributed by atoms with Gasteiger partial charge in [-0.2, -0.15) is 0 Å². The number of carbonyl (C=O) groups excluding carboxylic acids is 1. The van der Waals surface area contributed by atoms with Crippen LogP contribution in [-0.4, -0.2) is 36.9 Å². The van der Waals surface area contributed by atoms with Crippen molar-refractivity contribution in [3.8, 4) is 0 Å². The summed E-state index contributed by atoms with van der Waals surface area (Å²) in [5, 5.41) is 9.33. The number of benzene rings is 1. The Morgan fingerprint density at radius 1 is 1.47 bits per heavy atom. The second kappa shape index (κ2) is 4.85. The van der Waals surface area contributed by atoms with Gasteiger partial charge in [0.25, 0.3) is 5.91 Å². The molecule has 1 aromatic carbocycles. The number of ether oxygens (including phenoxy) is 1. The minimum atomic E-state index is -0.281. The summed E-state index contributed by atoms with van der Waals surface area (Å²) in [6.07, 6.45) is 0. The van der Waals surface area contributed by atoms with Gasteiger partial charge in [0.05, 0.1) is 19.3 Å². The maximum Gasteiger partial charge on any atom is 0.253 e. The van der Waals surface area contributed by atoms with E-state index in [-0.39, 0.29) is 25.2 Å². The second-order valence-corrected chi connectivity index (χ2v) is 4.33. The molecule has 0 spiro atoms. The molecule has 1 fully saturated rings. The molecule has 92 valence electrons. The van der Waals surface area contributed by atoms with Gasteiger partial charge in [-0.05, 0) is 31.0 Å². The van der Waals surface area contributed by atoms with Gasteiger partial charge in [0.1, 0.15) is 6.61 Å². The highest BCUT2D eigenvalue weighted by molar-refractivity contribution is 5.96. The van der Waals surface area contributed by atoms with E-state index in [0.717, 1.165) is 16.8 Å². The van der Waals surface area contributed by atoms with Gasteiger partial charge in [-0.15, -0.1) is 0 Å². The molecular formula is C13H17NO3. The molecule has 2 rings (SSSR count). The van der Waals surface area contributed by atoms with Crippen LogP contribution < -0.4 is 4.90 Å². The molecule has 4 heteroatoms. The molecule has 1 N–H and O–H groups in total. The summed E-state index contributed by atoms with van der Waals surface area (Å²) >= 11 is 0. The molecule has 0 aliphatic carbocycles. The van der Waals surface area contributed by atoms with Crippen molar-refractivity contribution < 1.29 is 14.6 Å². The number of aliphatic hydroxyl groups excluding tert-OH is 1. The third kappa shape index (κ3) is 2.18. The molecule has 0 aromatic heterocycles. The summed E-state index contributed by atoms with van der Waals surface area (Å²) in [5.41, 5.74) is 3.08. The van der Waals surface area contributed by atoms with Crippen molar-refractivity contribution in [1.82, 2.24) is 0 Å². The van der Waals surface area contributed by atoms with E-state index in [1.54, 1.807) is 4.90 Å². The van der Waals surface area contributed by atoms with Crippen LogP contribution >= 0.6 is 0 Å². The van der Waals surface area contributed by atoms with Crippen molar-refractivity contribution in [2.24, 2.45) is 0 Å². The van der Waals surface area contributed by atoms with Crippen molar-refractivity contribution in [2.45, 2.75) is 19.9 Å². The van der Waals surface area contributed by atoms with Gasteiger partial charge in [0.2, 0.25) is 0 Å². The van der Waals surface area contributed by atoms with Gasteiger partial charge in [-0.3, -0.25) is 4.79 Å². The normalized spacial score (nSPS) is 20.8. The number of aryl methyl sites for hydroxylation is 1. The first-order valence-electron chi connectivity index (χ1n) is 5.72. The zero-order valence-corrected chi connectivity index (χ0v) is 10.1. The third-order valence-electron chi connectivity index (χ3n) is 3.22. The largest absolute Gasteiger partial charge is 0.394 e. The van der Waals surface area contributed by atoms with Crippen LogP contribution in [-0.2, 0) is 9.53 Å². The lowest BCUT2D eigenvalue weighted by Crippen LogP contribution is -2.51. The Labute approximate surface area is 101 Å². The highest BCUT2D eigenvalue weighted by Gasteiger charge is 2.30. The van der Waals surface area contributed by atoms with E-state index in [2.05, 4.69) is 0 Å². The molecule has 1 aliphatic rings. The van der Waals surface area contributed by atoms with Crippen LogP contribution in [0.25, 0.3) is 0 Å². The summed E-state index contributed by atoms with van der Waals surface area (Å²) in [5.74, 6) is -0.0935. The maximum absolute atomic E-state index is 11.9. The average molecular weight is 235 g/mol. The minimum absolute atomic E-state index is 0.0842. The van der Waals surface area contributed by atoms with Gasteiger partial charge in [-0.25, -0.2) is 0 Å². The zero-order chi connectivity index (χ0) is 12.4. The monoisotopic (exact) mass is 235 g/mol. The van der Waals surface area contributed by atoms with E-state index in [9.17, 15) is 9.90 Å². The molecule has 1 heterocycles. The van der Waals surface area contributed by atoms with Crippen molar-refractivity contribution in [3.05, 3.63) is 29.3 Å². The van der Waals surface area contributed by atoms with Crippen LogP contribution in [0.5, 0.6) is 0 Å². The Morgan fingerprint density at radius 3 is 2.94 bits per heavy atom. The van der Waals surface area contributed by atoms with Crippen LogP contribution in [0.2, 0.25) is 0 Å². The van der Waals surface area contributed by atoms with Gasteiger partial charge >= 0.3 is 0 Å². The lowest BCUT2D eigenvalue weighted by atomic mass is 10.1. The molecule has 1 amide bonds. The Morgan fingerprint density at radius 2 is 2.24 bits per heavy atom. The predicted molar refractivity (Wildman–Crippen MR) is 65.1 cm³/mol.